The lowest BCUT2D eigenvalue weighted by Crippen LogP contribution is -2.03. The first-order valence-electron chi connectivity index (χ1n) is 11.4. The molecule has 0 spiro atoms. The molecule has 0 saturated carbocycles. The summed E-state index contributed by atoms with van der Waals surface area (Å²) in [5.74, 6) is 0.791. The van der Waals surface area contributed by atoms with Crippen LogP contribution in [0, 0.1) is 0 Å². The Balaban J connectivity index is 2.34. The molecule has 4 heteroatoms. The Labute approximate surface area is 172 Å². The highest BCUT2D eigenvalue weighted by molar-refractivity contribution is 6.02. The second kappa shape index (κ2) is 16.3. The zero-order valence-electron chi connectivity index (χ0n) is 18.1. The highest BCUT2D eigenvalue weighted by atomic mass is 16.5. The monoisotopic (exact) mass is 391 g/mol. The normalized spacial score (nSPS) is 11.7. The third-order valence-corrected chi connectivity index (χ3v) is 5.18. The number of hydrogen-bond acceptors (Lipinski definition) is 4. The van der Waals surface area contributed by atoms with Crippen molar-refractivity contribution >= 4 is 5.71 Å². The zero-order chi connectivity index (χ0) is 20.5. The molecule has 0 radical (unpaired) electrons. The van der Waals surface area contributed by atoms with Crippen LogP contribution in [0.4, 0.5) is 0 Å². The van der Waals surface area contributed by atoms with Gasteiger partial charge in [0.25, 0.3) is 0 Å². The Morgan fingerprint density at radius 1 is 0.821 bits per heavy atom. The van der Waals surface area contributed by atoms with E-state index in [-0.39, 0.29) is 5.75 Å². The number of phenolic OH excluding ortho intramolecular Hbond substituents is 1. The number of nitrogens with zero attached hydrogens (tertiary/aromatic N) is 1. The van der Waals surface area contributed by atoms with Crippen molar-refractivity contribution in [2.45, 2.75) is 104 Å². The predicted molar refractivity (Wildman–Crippen MR) is 118 cm³/mol. The molecule has 0 saturated heterocycles. The highest BCUT2D eigenvalue weighted by Gasteiger charge is 2.11. The summed E-state index contributed by atoms with van der Waals surface area (Å²) in [6.45, 7) is 5.12. The number of aromatic hydroxyl groups is 1. The maximum absolute atomic E-state index is 10.3. The Bertz CT molecular complexity index is 543. The van der Waals surface area contributed by atoms with Gasteiger partial charge < -0.3 is 15.1 Å². The zero-order valence-corrected chi connectivity index (χ0v) is 18.1. The van der Waals surface area contributed by atoms with Crippen LogP contribution in [0.25, 0.3) is 0 Å². The Morgan fingerprint density at radius 2 is 1.39 bits per heavy atom. The van der Waals surface area contributed by atoms with Crippen molar-refractivity contribution < 1.29 is 15.1 Å². The molecule has 160 valence electrons. The standard InChI is InChI=1S/C24H41NO3/c1-3-5-7-9-11-12-14-16-23(25-27)22-18-17-21(20-24(22)26)28-19-15-13-10-8-6-4-2/h17-18,20,26-27H,3-16,19H2,1-2H3/b25-23+. The van der Waals surface area contributed by atoms with E-state index in [0.29, 0.717) is 30.1 Å². The summed E-state index contributed by atoms with van der Waals surface area (Å²) in [7, 11) is 0. The van der Waals surface area contributed by atoms with Gasteiger partial charge in [0.15, 0.2) is 0 Å². The fourth-order valence-corrected chi connectivity index (χ4v) is 3.41. The van der Waals surface area contributed by atoms with Gasteiger partial charge in [0.1, 0.15) is 11.5 Å². The molecule has 0 aliphatic carbocycles. The molecule has 0 bridgehead atoms. The third-order valence-electron chi connectivity index (χ3n) is 5.18. The quantitative estimate of drug-likeness (QED) is 0.125. The first kappa shape index (κ1) is 24.3. The number of ether oxygens (including phenoxy) is 1. The molecule has 0 atom stereocenters. The number of phenols is 1. The van der Waals surface area contributed by atoms with E-state index in [2.05, 4.69) is 19.0 Å². The number of unbranched alkanes of at least 4 members (excludes halogenated alkanes) is 11. The Hall–Kier alpha value is -1.71. The average Bonchev–Trinajstić information content (AvgIpc) is 2.70. The van der Waals surface area contributed by atoms with Gasteiger partial charge in [-0.1, -0.05) is 89.6 Å². The van der Waals surface area contributed by atoms with E-state index >= 15 is 0 Å². The van der Waals surface area contributed by atoms with Crippen molar-refractivity contribution in [3.8, 4) is 11.5 Å². The van der Waals surface area contributed by atoms with E-state index in [1.807, 2.05) is 6.07 Å². The molecule has 4 nitrogen and oxygen atoms in total. The van der Waals surface area contributed by atoms with Crippen LogP contribution in [0.2, 0.25) is 0 Å². The molecule has 0 amide bonds. The summed E-state index contributed by atoms with van der Waals surface area (Å²) in [5, 5.41) is 23.1. The van der Waals surface area contributed by atoms with Crippen LogP contribution in [-0.2, 0) is 0 Å². The molecule has 0 aliphatic rings. The maximum atomic E-state index is 10.3. The second-order valence-electron chi connectivity index (χ2n) is 7.71. The van der Waals surface area contributed by atoms with Gasteiger partial charge in [0.05, 0.1) is 12.3 Å². The molecule has 0 fully saturated rings. The molecule has 1 aromatic rings. The molecule has 0 aliphatic heterocycles. The first-order chi connectivity index (χ1) is 13.7. The smallest absolute Gasteiger partial charge is 0.128 e. The molecule has 1 rings (SSSR count). The summed E-state index contributed by atoms with van der Waals surface area (Å²) in [6, 6.07) is 5.27. The molecule has 0 aromatic heterocycles. The van der Waals surface area contributed by atoms with Gasteiger partial charge in [-0.2, -0.15) is 0 Å². The fourth-order valence-electron chi connectivity index (χ4n) is 3.41. The topological polar surface area (TPSA) is 62.1 Å². The average molecular weight is 392 g/mol. The van der Waals surface area contributed by atoms with Gasteiger partial charge in [-0.15, -0.1) is 0 Å². The predicted octanol–water partition coefficient (Wildman–Crippen LogP) is 7.45. The molecule has 0 unspecified atom stereocenters. The molecule has 2 N–H and O–H groups in total. The minimum atomic E-state index is 0.121. The largest absolute Gasteiger partial charge is 0.507 e. The van der Waals surface area contributed by atoms with E-state index in [1.165, 1.54) is 64.2 Å². The van der Waals surface area contributed by atoms with E-state index < -0.39 is 0 Å². The minimum Gasteiger partial charge on any atom is -0.507 e. The van der Waals surface area contributed by atoms with Crippen LogP contribution in [-0.4, -0.2) is 22.6 Å². The van der Waals surface area contributed by atoms with Crippen molar-refractivity contribution in [1.82, 2.24) is 0 Å². The number of benzene rings is 1. The van der Waals surface area contributed by atoms with E-state index in [0.717, 1.165) is 19.3 Å². The molecular formula is C24H41NO3. The number of rotatable bonds is 17. The van der Waals surface area contributed by atoms with Crippen LogP contribution in [0.1, 0.15) is 109 Å². The second-order valence-corrected chi connectivity index (χ2v) is 7.71. The number of oxime groups is 1. The lowest BCUT2D eigenvalue weighted by Gasteiger charge is -2.10. The molecule has 0 heterocycles. The summed E-state index contributed by atoms with van der Waals surface area (Å²) >= 11 is 0. The van der Waals surface area contributed by atoms with Crippen molar-refractivity contribution in [3.63, 3.8) is 0 Å². The molecule has 1 aromatic carbocycles. The lowest BCUT2D eigenvalue weighted by molar-refractivity contribution is 0.302. The van der Waals surface area contributed by atoms with Gasteiger partial charge >= 0.3 is 0 Å². The van der Waals surface area contributed by atoms with Gasteiger partial charge in [-0.25, -0.2) is 0 Å². The minimum absolute atomic E-state index is 0.121. The van der Waals surface area contributed by atoms with Gasteiger partial charge in [-0.3, -0.25) is 0 Å². The van der Waals surface area contributed by atoms with Gasteiger partial charge in [0.2, 0.25) is 0 Å². The summed E-state index contributed by atoms with van der Waals surface area (Å²) < 4.78 is 5.74. The fraction of sp³-hybridized carbons (Fsp3) is 0.708. The summed E-state index contributed by atoms with van der Waals surface area (Å²) in [5.41, 5.74) is 1.15. The highest BCUT2D eigenvalue weighted by Crippen LogP contribution is 2.26. The Morgan fingerprint density at radius 3 is 1.96 bits per heavy atom. The molecular weight excluding hydrogens is 350 g/mol. The van der Waals surface area contributed by atoms with Gasteiger partial charge in [0, 0.05) is 11.6 Å². The molecule has 28 heavy (non-hydrogen) atoms. The lowest BCUT2D eigenvalue weighted by atomic mass is 10.0. The van der Waals surface area contributed by atoms with E-state index in [1.54, 1.807) is 12.1 Å². The van der Waals surface area contributed by atoms with Crippen LogP contribution >= 0.6 is 0 Å². The van der Waals surface area contributed by atoms with Gasteiger partial charge in [-0.05, 0) is 31.4 Å². The van der Waals surface area contributed by atoms with Crippen LogP contribution < -0.4 is 4.74 Å². The number of hydrogen-bond donors (Lipinski definition) is 2. The first-order valence-corrected chi connectivity index (χ1v) is 11.4. The van der Waals surface area contributed by atoms with Crippen LogP contribution in [0.3, 0.4) is 0 Å². The van der Waals surface area contributed by atoms with E-state index in [9.17, 15) is 10.3 Å². The summed E-state index contributed by atoms with van der Waals surface area (Å²) in [4.78, 5) is 0. The van der Waals surface area contributed by atoms with E-state index in [4.69, 9.17) is 4.74 Å². The van der Waals surface area contributed by atoms with Crippen molar-refractivity contribution in [2.24, 2.45) is 5.16 Å². The Kier molecular flexibility index (Phi) is 14.1. The van der Waals surface area contributed by atoms with Crippen molar-refractivity contribution in [3.05, 3.63) is 23.8 Å². The van der Waals surface area contributed by atoms with Crippen LogP contribution in [0.5, 0.6) is 11.5 Å². The van der Waals surface area contributed by atoms with Crippen molar-refractivity contribution in [1.29, 1.82) is 0 Å². The van der Waals surface area contributed by atoms with Crippen molar-refractivity contribution in [2.75, 3.05) is 6.61 Å². The maximum Gasteiger partial charge on any atom is 0.128 e. The third kappa shape index (κ3) is 10.6. The van der Waals surface area contributed by atoms with Crippen LogP contribution in [0.15, 0.2) is 23.4 Å². The summed E-state index contributed by atoms with van der Waals surface area (Å²) in [6.07, 6.45) is 16.5. The SMILES string of the molecule is CCCCCCCCC/C(=N\O)c1ccc(OCCCCCCCC)cc1O.